The standard InChI is InChI=1S/C22H22ClFN2O3S/c23-18-12-16(24)6-7-20(18)30-14-21(27)25-10-8-17(9-11-25)26-13-19(29-22(26)28)15-4-2-1-3-5-15/h1-7,12,17,19H,8-11,13-14H2. The number of ether oxygens (including phenoxy) is 1. The number of carbonyl (C=O) groups excluding carboxylic acids is 2. The van der Waals surface area contributed by atoms with Gasteiger partial charge in [0.2, 0.25) is 5.91 Å². The molecule has 2 amide bonds. The summed E-state index contributed by atoms with van der Waals surface area (Å²) in [7, 11) is 0. The zero-order valence-corrected chi connectivity index (χ0v) is 17.9. The molecular weight excluding hydrogens is 427 g/mol. The lowest BCUT2D eigenvalue weighted by molar-refractivity contribution is -0.129. The molecule has 1 atom stereocenters. The molecule has 2 fully saturated rings. The van der Waals surface area contributed by atoms with Crippen LogP contribution < -0.4 is 0 Å². The fourth-order valence-corrected chi connectivity index (χ4v) is 5.02. The first kappa shape index (κ1) is 21.0. The number of carbonyl (C=O) groups is 2. The average Bonchev–Trinajstić information content (AvgIpc) is 3.15. The van der Waals surface area contributed by atoms with Gasteiger partial charge < -0.3 is 14.5 Å². The second-order valence-electron chi connectivity index (χ2n) is 7.41. The molecule has 2 saturated heterocycles. The lowest BCUT2D eigenvalue weighted by Gasteiger charge is -2.35. The number of likely N-dealkylation sites (tertiary alicyclic amines) is 1. The Balaban J connectivity index is 1.27. The summed E-state index contributed by atoms with van der Waals surface area (Å²) in [5.41, 5.74) is 0.998. The Morgan fingerprint density at radius 1 is 1.17 bits per heavy atom. The van der Waals surface area contributed by atoms with Crippen LogP contribution in [-0.2, 0) is 9.53 Å². The summed E-state index contributed by atoms with van der Waals surface area (Å²) in [5.74, 6) is -0.129. The molecule has 30 heavy (non-hydrogen) atoms. The minimum absolute atomic E-state index is 0.0185. The van der Waals surface area contributed by atoms with Crippen LogP contribution in [0, 0.1) is 5.82 Å². The summed E-state index contributed by atoms with van der Waals surface area (Å²) in [4.78, 5) is 29.2. The van der Waals surface area contributed by atoms with Crippen molar-refractivity contribution in [2.45, 2.75) is 29.9 Å². The zero-order chi connectivity index (χ0) is 21.1. The van der Waals surface area contributed by atoms with Crippen molar-refractivity contribution in [3.63, 3.8) is 0 Å². The third-order valence-electron chi connectivity index (χ3n) is 5.51. The molecule has 0 saturated carbocycles. The molecule has 0 bridgehead atoms. The monoisotopic (exact) mass is 448 g/mol. The number of nitrogens with zero attached hydrogens (tertiary/aromatic N) is 2. The van der Waals surface area contributed by atoms with Crippen molar-refractivity contribution < 1.29 is 18.7 Å². The number of piperidine rings is 1. The number of rotatable bonds is 5. The third kappa shape index (κ3) is 4.73. The molecule has 2 aliphatic heterocycles. The van der Waals surface area contributed by atoms with E-state index >= 15 is 0 Å². The number of benzene rings is 2. The predicted octanol–water partition coefficient (Wildman–Crippen LogP) is 4.76. The van der Waals surface area contributed by atoms with Gasteiger partial charge in [-0.25, -0.2) is 9.18 Å². The van der Waals surface area contributed by atoms with Crippen LogP contribution in [-0.4, -0.2) is 53.2 Å². The second kappa shape index (κ2) is 9.27. The lowest BCUT2D eigenvalue weighted by Crippen LogP contribution is -2.47. The van der Waals surface area contributed by atoms with Crippen molar-refractivity contribution in [2.75, 3.05) is 25.4 Å². The van der Waals surface area contributed by atoms with Gasteiger partial charge >= 0.3 is 6.09 Å². The maximum atomic E-state index is 13.1. The maximum absolute atomic E-state index is 13.1. The van der Waals surface area contributed by atoms with E-state index in [4.69, 9.17) is 16.3 Å². The fraction of sp³-hybridized carbons (Fsp3) is 0.364. The van der Waals surface area contributed by atoms with E-state index in [1.165, 1.54) is 23.9 Å². The molecule has 2 aliphatic rings. The molecule has 0 aliphatic carbocycles. The highest BCUT2D eigenvalue weighted by atomic mass is 35.5. The molecule has 2 aromatic carbocycles. The second-order valence-corrected chi connectivity index (χ2v) is 8.84. The lowest BCUT2D eigenvalue weighted by atomic mass is 10.0. The van der Waals surface area contributed by atoms with E-state index in [1.54, 1.807) is 11.0 Å². The van der Waals surface area contributed by atoms with E-state index in [-0.39, 0.29) is 29.9 Å². The Labute approximate surface area is 184 Å². The molecule has 0 radical (unpaired) electrons. The zero-order valence-electron chi connectivity index (χ0n) is 16.3. The van der Waals surface area contributed by atoms with Crippen LogP contribution in [0.4, 0.5) is 9.18 Å². The Morgan fingerprint density at radius 2 is 1.90 bits per heavy atom. The number of halogens is 2. The van der Waals surface area contributed by atoms with Crippen LogP contribution in [0.15, 0.2) is 53.4 Å². The Bertz CT molecular complexity index is 922. The normalized spacial score (nSPS) is 19.8. The van der Waals surface area contributed by atoms with Crippen molar-refractivity contribution in [1.82, 2.24) is 9.80 Å². The van der Waals surface area contributed by atoms with Gasteiger partial charge in [0.25, 0.3) is 0 Å². The van der Waals surface area contributed by atoms with Crippen LogP contribution in [0.25, 0.3) is 0 Å². The molecule has 2 heterocycles. The first-order valence-electron chi connectivity index (χ1n) is 9.89. The smallest absolute Gasteiger partial charge is 0.410 e. The van der Waals surface area contributed by atoms with Gasteiger partial charge in [0.1, 0.15) is 11.9 Å². The van der Waals surface area contributed by atoms with Gasteiger partial charge in [0.15, 0.2) is 0 Å². The van der Waals surface area contributed by atoms with Gasteiger partial charge in [-0.1, -0.05) is 41.9 Å². The number of thioether (sulfide) groups is 1. The Kier molecular flexibility index (Phi) is 6.49. The van der Waals surface area contributed by atoms with Gasteiger partial charge in [-0.05, 0) is 36.6 Å². The van der Waals surface area contributed by atoms with E-state index in [0.29, 0.717) is 29.6 Å². The molecule has 0 aromatic heterocycles. The third-order valence-corrected chi connectivity index (χ3v) is 7.00. The van der Waals surface area contributed by atoms with Crippen LogP contribution in [0.5, 0.6) is 0 Å². The van der Waals surface area contributed by atoms with Gasteiger partial charge in [0.05, 0.1) is 17.3 Å². The minimum Gasteiger partial charge on any atom is -0.439 e. The number of cyclic esters (lactones) is 1. The van der Waals surface area contributed by atoms with Crippen molar-refractivity contribution in [3.8, 4) is 0 Å². The quantitative estimate of drug-likeness (QED) is 0.619. The molecule has 2 aromatic rings. The predicted molar refractivity (Wildman–Crippen MR) is 114 cm³/mol. The molecule has 1 unspecified atom stereocenters. The summed E-state index contributed by atoms with van der Waals surface area (Å²) < 4.78 is 18.7. The topological polar surface area (TPSA) is 49.9 Å². The molecular formula is C22H22ClFN2O3S. The molecule has 8 heteroatoms. The molecule has 0 N–H and O–H groups in total. The van der Waals surface area contributed by atoms with Crippen molar-refractivity contribution >= 4 is 35.4 Å². The van der Waals surface area contributed by atoms with Crippen LogP contribution in [0.3, 0.4) is 0 Å². The van der Waals surface area contributed by atoms with E-state index in [0.717, 1.165) is 18.4 Å². The Morgan fingerprint density at radius 3 is 2.60 bits per heavy atom. The van der Waals surface area contributed by atoms with Crippen LogP contribution in [0.2, 0.25) is 5.02 Å². The summed E-state index contributed by atoms with van der Waals surface area (Å²) >= 11 is 7.33. The summed E-state index contributed by atoms with van der Waals surface area (Å²) in [6.45, 7) is 1.74. The number of hydrogen-bond donors (Lipinski definition) is 0. The van der Waals surface area contributed by atoms with Crippen LogP contribution in [0.1, 0.15) is 24.5 Å². The van der Waals surface area contributed by atoms with Gasteiger partial charge in [-0.2, -0.15) is 0 Å². The molecule has 5 nitrogen and oxygen atoms in total. The van der Waals surface area contributed by atoms with Gasteiger partial charge in [-0.15, -0.1) is 11.8 Å². The van der Waals surface area contributed by atoms with Crippen LogP contribution >= 0.6 is 23.4 Å². The SMILES string of the molecule is O=C(CSc1ccc(F)cc1Cl)N1CCC(N2CC(c3ccccc3)OC2=O)CC1. The highest BCUT2D eigenvalue weighted by Gasteiger charge is 2.38. The molecule has 0 spiro atoms. The highest BCUT2D eigenvalue weighted by Crippen LogP contribution is 2.31. The molecule has 158 valence electrons. The average molecular weight is 449 g/mol. The molecule has 4 rings (SSSR count). The van der Waals surface area contributed by atoms with E-state index in [2.05, 4.69) is 0 Å². The van der Waals surface area contributed by atoms with E-state index < -0.39 is 5.82 Å². The number of hydrogen-bond acceptors (Lipinski definition) is 4. The summed E-state index contributed by atoms with van der Waals surface area (Å²) in [5, 5.41) is 0.312. The van der Waals surface area contributed by atoms with Crippen molar-refractivity contribution in [1.29, 1.82) is 0 Å². The van der Waals surface area contributed by atoms with Crippen molar-refractivity contribution in [3.05, 3.63) is 64.9 Å². The van der Waals surface area contributed by atoms with Gasteiger partial charge in [0, 0.05) is 24.0 Å². The highest BCUT2D eigenvalue weighted by molar-refractivity contribution is 8.00. The fourth-order valence-electron chi connectivity index (χ4n) is 3.87. The minimum atomic E-state index is -0.396. The Hall–Kier alpha value is -2.25. The van der Waals surface area contributed by atoms with Crippen molar-refractivity contribution in [2.24, 2.45) is 0 Å². The maximum Gasteiger partial charge on any atom is 0.410 e. The number of amides is 2. The summed E-state index contributed by atoms with van der Waals surface area (Å²) in [6.07, 6.45) is 0.930. The van der Waals surface area contributed by atoms with E-state index in [1.807, 2.05) is 35.2 Å². The first-order valence-corrected chi connectivity index (χ1v) is 11.3. The summed E-state index contributed by atoms with van der Waals surface area (Å²) in [6, 6.07) is 14.0. The largest absolute Gasteiger partial charge is 0.439 e. The van der Waals surface area contributed by atoms with E-state index in [9.17, 15) is 14.0 Å². The van der Waals surface area contributed by atoms with Gasteiger partial charge in [-0.3, -0.25) is 4.79 Å². The first-order chi connectivity index (χ1) is 14.5.